The number of nitrogens with zero attached hydrogens (tertiary/aromatic N) is 3. The molecule has 0 bridgehead atoms. The normalized spacial score (nSPS) is 15.4. The molecule has 9 N–H and O–H groups in total. The lowest BCUT2D eigenvalue weighted by molar-refractivity contribution is -0.122. The second-order valence-electron chi connectivity index (χ2n) is 13.1. The van der Waals surface area contributed by atoms with Crippen molar-refractivity contribution in [2.45, 2.75) is 69.6 Å². The number of benzene rings is 3. The zero-order valence-electron chi connectivity index (χ0n) is 29.0. The lowest BCUT2D eigenvalue weighted by Crippen LogP contribution is -2.44. The van der Waals surface area contributed by atoms with Crippen LogP contribution in [-0.4, -0.2) is 74.8 Å². The van der Waals surface area contributed by atoms with Crippen LogP contribution < -0.4 is 26.4 Å². The van der Waals surface area contributed by atoms with Crippen LogP contribution in [0.2, 0.25) is 0 Å². The topological polar surface area (TPSA) is 228 Å². The average molecular weight is 767 g/mol. The van der Waals surface area contributed by atoms with Crippen LogP contribution in [0.3, 0.4) is 0 Å². The lowest BCUT2D eigenvalue weighted by atomic mass is 9.95. The number of carbonyl (C=O) groups is 3. The number of carboxylic acids is 1. The van der Waals surface area contributed by atoms with Gasteiger partial charge in [-0.25, -0.2) is 9.78 Å². The Labute approximate surface area is 319 Å². The highest BCUT2D eigenvalue weighted by atomic mass is 35.5. The van der Waals surface area contributed by atoms with Crippen molar-refractivity contribution in [3.8, 4) is 5.75 Å². The molecule has 0 spiro atoms. The van der Waals surface area contributed by atoms with Gasteiger partial charge in [-0.3, -0.25) is 25.3 Å². The number of carboxylic acid groups (broad SMARTS) is 1. The number of carbonyl (C=O) groups excluding carboxylic acids is 2. The number of rotatable bonds is 11. The summed E-state index contributed by atoms with van der Waals surface area (Å²) in [6.45, 7) is 1.22. The minimum atomic E-state index is -1.26. The van der Waals surface area contributed by atoms with Crippen LogP contribution in [0.4, 0.5) is 5.69 Å². The first-order valence-electron chi connectivity index (χ1n) is 17.2. The molecule has 2 fully saturated rings. The van der Waals surface area contributed by atoms with Crippen molar-refractivity contribution in [1.29, 1.82) is 10.8 Å². The summed E-state index contributed by atoms with van der Waals surface area (Å²) in [5.74, 6) is -1.35. The van der Waals surface area contributed by atoms with Gasteiger partial charge in [-0.15, -0.1) is 24.8 Å². The molecule has 1 aromatic heterocycles. The van der Waals surface area contributed by atoms with E-state index < -0.39 is 17.9 Å². The standard InChI is InChI=1S/C37H43N9O5.2ClH/c38-33(39)22-10-15-29-30(20-22)44-34(43-29)31(21-32(47)42-23-6-2-1-3-7-23)46(35(48)27-8-4-5-9-28(27)36(49)50)24-11-13-25(14-12-24)51-26-16-18-45(19-17-26)37(40)41;;/h4-5,8-15,20,23,26,31H,1-3,6-7,16-19,21H2,(H3,38,39)(H3,40,41)(H,42,47)(H,43,44)(H,49,50);2*1H. The molecule has 4 aromatic rings. The Balaban J connectivity index is 0.00000314. The maximum atomic E-state index is 14.7. The number of halogens is 2. The van der Waals surface area contributed by atoms with Gasteiger partial charge in [-0.1, -0.05) is 31.4 Å². The molecule has 3 aromatic carbocycles. The number of nitrogens with two attached hydrogens (primary N) is 2. The van der Waals surface area contributed by atoms with Crippen molar-refractivity contribution in [2.24, 2.45) is 11.5 Å². The van der Waals surface area contributed by atoms with Gasteiger partial charge >= 0.3 is 5.97 Å². The third kappa shape index (κ3) is 9.56. The number of amides is 2. The zero-order chi connectivity index (χ0) is 36.1. The van der Waals surface area contributed by atoms with Crippen LogP contribution in [0.5, 0.6) is 5.75 Å². The Kier molecular flexibility index (Phi) is 13.7. The fraction of sp³-hybridized carbons (Fsp3) is 0.351. The Hall–Kier alpha value is -5.34. The number of nitrogens with one attached hydrogen (secondary N) is 4. The molecule has 14 nitrogen and oxygen atoms in total. The number of guanidine groups is 1. The molecule has 1 saturated carbocycles. The average Bonchev–Trinajstić information content (AvgIpc) is 3.56. The van der Waals surface area contributed by atoms with Gasteiger partial charge in [0.15, 0.2) is 5.96 Å². The van der Waals surface area contributed by atoms with Crippen LogP contribution in [0, 0.1) is 10.8 Å². The van der Waals surface area contributed by atoms with Gasteiger partial charge in [0.2, 0.25) is 5.91 Å². The van der Waals surface area contributed by atoms with E-state index in [1.165, 1.54) is 17.0 Å². The second kappa shape index (κ2) is 17.9. The third-order valence-corrected chi connectivity index (χ3v) is 9.59. The lowest BCUT2D eigenvalue weighted by Gasteiger charge is -2.33. The summed E-state index contributed by atoms with van der Waals surface area (Å²) in [5.41, 5.74) is 13.2. The number of anilines is 1. The molecule has 6 rings (SSSR count). The summed E-state index contributed by atoms with van der Waals surface area (Å²) in [6.07, 6.45) is 6.05. The number of amidine groups is 1. The highest BCUT2D eigenvalue weighted by Gasteiger charge is 2.34. The number of ether oxygens (including phenoxy) is 1. The number of likely N-dealkylation sites (tertiary alicyclic amines) is 1. The molecule has 1 aliphatic carbocycles. The van der Waals surface area contributed by atoms with Crippen LogP contribution in [0.15, 0.2) is 66.7 Å². The highest BCUT2D eigenvalue weighted by molar-refractivity contribution is 6.12. The minimum absolute atomic E-state index is 0. The fourth-order valence-electron chi connectivity index (χ4n) is 6.89. The van der Waals surface area contributed by atoms with Crippen molar-refractivity contribution in [3.05, 3.63) is 89.2 Å². The van der Waals surface area contributed by atoms with E-state index in [9.17, 15) is 19.5 Å². The summed E-state index contributed by atoms with van der Waals surface area (Å²) in [7, 11) is 0. The number of imidazole rings is 1. The monoisotopic (exact) mass is 765 g/mol. The predicted octanol–water partition coefficient (Wildman–Crippen LogP) is 5.35. The number of fused-ring (bicyclic) bond motifs is 1. The van der Waals surface area contributed by atoms with Crippen LogP contribution in [0.25, 0.3) is 11.0 Å². The summed E-state index contributed by atoms with van der Waals surface area (Å²) < 4.78 is 6.25. The zero-order valence-corrected chi connectivity index (χ0v) is 30.7. The summed E-state index contributed by atoms with van der Waals surface area (Å²) >= 11 is 0. The molecule has 2 amide bonds. The molecule has 0 radical (unpaired) electrons. The summed E-state index contributed by atoms with van der Waals surface area (Å²) in [6, 6.07) is 17.0. The smallest absolute Gasteiger partial charge is 0.336 e. The fourth-order valence-corrected chi connectivity index (χ4v) is 6.89. The number of aromatic nitrogens is 2. The number of nitrogen functional groups attached to an aromatic ring is 1. The van der Waals surface area contributed by atoms with Crippen molar-refractivity contribution in [1.82, 2.24) is 20.2 Å². The quantitative estimate of drug-likeness (QED) is 0.0770. The molecule has 16 heteroatoms. The minimum Gasteiger partial charge on any atom is -0.490 e. The SMILES string of the molecule is Cl.Cl.N=C(N)c1ccc2nc(C(CC(=O)NC3CCCCC3)N(C(=O)c3ccccc3C(=O)O)c3ccc(OC4CCN(C(=N)N)CC4)cc3)[nH]c2c1. The van der Waals surface area contributed by atoms with Gasteiger partial charge in [-0.2, -0.15) is 0 Å². The predicted molar refractivity (Wildman–Crippen MR) is 208 cm³/mol. The molecule has 1 saturated heterocycles. The number of piperidine rings is 1. The largest absolute Gasteiger partial charge is 0.490 e. The van der Waals surface area contributed by atoms with Gasteiger partial charge in [-0.05, 0) is 67.4 Å². The van der Waals surface area contributed by atoms with Gasteiger partial charge < -0.3 is 36.5 Å². The van der Waals surface area contributed by atoms with Crippen molar-refractivity contribution < 1.29 is 24.2 Å². The van der Waals surface area contributed by atoms with Gasteiger partial charge in [0.1, 0.15) is 29.6 Å². The molecule has 1 unspecified atom stereocenters. The van der Waals surface area contributed by atoms with Gasteiger partial charge in [0.05, 0.1) is 28.6 Å². The summed E-state index contributed by atoms with van der Waals surface area (Å²) in [4.78, 5) is 52.1. The Bertz CT molecular complexity index is 1940. The van der Waals surface area contributed by atoms with Crippen molar-refractivity contribution in [3.63, 3.8) is 0 Å². The molecule has 53 heavy (non-hydrogen) atoms. The maximum Gasteiger partial charge on any atom is 0.336 e. The van der Waals surface area contributed by atoms with E-state index in [0.29, 0.717) is 59.8 Å². The number of aromatic carboxylic acids is 1. The van der Waals surface area contributed by atoms with Crippen LogP contribution >= 0.6 is 24.8 Å². The summed E-state index contributed by atoms with van der Waals surface area (Å²) in [5, 5.41) is 28.8. The van der Waals surface area contributed by atoms with E-state index in [2.05, 4.69) is 10.3 Å². The highest BCUT2D eigenvalue weighted by Crippen LogP contribution is 2.34. The van der Waals surface area contributed by atoms with Crippen molar-refractivity contribution in [2.75, 3.05) is 18.0 Å². The second-order valence-corrected chi connectivity index (χ2v) is 13.1. The van der Waals surface area contributed by atoms with E-state index in [-0.39, 0.29) is 72.2 Å². The number of H-pyrrole nitrogens is 1. The first-order valence-corrected chi connectivity index (χ1v) is 17.2. The number of hydrogen-bond donors (Lipinski definition) is 7. The van der Waals surface area contributed by atoms with E-state index in [1.54, 1.807) is 59.5 Å². The molecular weight excluding hydrogens is 721 g/mol. The molecule has 2 heterocycles. The number of aromatic amines is 1. The van der Waals surface area contributed by atoms with Gasteiger partial charge in [0, 0.05) is 43.2 Å². The Morgan fingerprint density at radius 1 is 0.943 bits per heavy atom. The molecular formula is C37H45Cl2N9O5. The molecule has 282 valence electrons. The van der Waals surface area contributed by atoms with E-state index in [0.717, 1.165) is 32.1 Å². The Morgan fingerprint density at radius 2 is 1.60 bits per heavy atom. The Morgan fingerprint density at radius 3 is 2.23 bits per heavy atom. The molecule has 1 atom stereocenters. The molecule has 1 aliphatic heterocycles. The van der Waals surface area contributed by atoms with E-state index in [1.807, 2.05) is 0 Å². The van der Waals surface area contributed by atoms with E-state index in [4.69, 9.17) is 32.0 Å². The molecule has 2 aliphatic rings. The first-order chi connectivity index (χ1) is 24.6. The third-order valence-electron chi connectivity index (χ3n) is 9.59. The van der Waals surface area contributed by atoms with Crippen LogP contribution in [0.1, 0.15) is 89.5 Å². The van der Waals surface area contributed by atoms with E-state index >= 15 is 0 Å². The van der Waals surface area contributed by atoms with Gasteiger partial charge in [0.25, 0.3) is 5.91 Å². The first kappa shape index (κ1) is 40.4. The van der Waals surface area contributed by atoms with Crippen molar-refractivity contribution >= 4 is 71.1 Å². The van der Waals surface area contributed by atoms with Crippen LogP contribution in [-0.2, 0) is 4.79 Å². The maximum absolute atomic E-state index is 14.7. The number of hydrogen-bond acceptors (Lipinski definition) is 7.